The van der Waals surface area contributed by atoms with Crippen LogP contribution in [-0.2, 0) is 5.75 Å². The molecule has 1 saturated carbocycles. The molecule has 0 spiro atoms. The van der Waals surface area contributed by atoms with Gasteiger partial charge in [-0.2, -0.15) is 11.8 Å². The maximum absolute atomic E-state index is 13.4. The van der Waals surface area contributed by atoms with Crippen LogP contribution in [0.25, 0.3) is 0 Å². The molecule has 1 aromatic carbocycles. The maximum atomic E-state index is 13.4. The first-order chi connectivity index (χ1) is 9.34. The Morgan fingerprint density at radius 1 is 1.32 bits per heavy atom. The molecule has 3 heteroatoms. The van der Waals surface area contributed by atoms with Crippen molar-refractivity contribution in [1.29, 1.82) is 0 Å². The Hall–Kier alpha value is -0.800. The third-order valence-electron chi connectivity index (χ3n) is 4.23. The Bertz CT molecular complexity index is 460. The van der Waals surface area contributed by atoms with Gasteiger partial charge in [0.15, 0.2) is 0 Å². The van der Waals surface area contributed by atoms with Gasteiger partial charge in [-0.3, -0.25) is 0 Å². The van der Waals surface area contributed by atoms with Gasteiger partial charge in [-0.05, 0) is 36.3 Å². The summed E-state index contributed by atoms with van der Waals surface area (Å²) in [6.45, 7) is 1.03. The molecular weight excluding hydrogens is 257 g/mol. The summed E-state index contributed by atoms with van der Waals surface area (Å²) in [5.41, 5.74) is 0.815. The highest BCUT2D eigenvalue weighted by Crippen LogP contribution is 2.42. The number of rotatable bonds is 6. The molecule has 0 radical (unpaired) electrons. The summed E-state index contributed by atoms with van der Waals surface area (Å²) in [5.74, 6) is 3.44. The van der Waals surface area contributed by atoms with E-state index >= 15 is 0 Å². The molecule has 1 nitrogen and oxygen atoms in total. The summed E-state index contributed by atoms with van der Waals surface area (Å²) in [5, 5.41) is 3.63. The zero-order valence-corrected chi connectivity index (χ0v) is 11.8. The van der Waals surface area contributed by atoms with Crippen LogP contribution in [0.1, 0.15) is 18.4 Å². The lowest BCUT2D eigenvalue weighted by Crippen LogP contribution is -2.48. The number of nitrogens with one attached hydrogen (secondary N) is 1. The van der Waals surface area contributed by atoms with Crippen LogP contribution in [0, 0.1) is 17.7 Å². The van der Waals surface area contributed by atoms with E-state index in [1.807, 2.05) is 12.1 Å². The minimum absolute atomic E-state index is 0.0825. The van der Waals surface area contributed by atoms with Crippen molar-refractivity contribution in [1.82, 2.24) is 5.32 Å². The van der Waals surface area contributed by atoms with Crippen LogP contribution in [0.4, 0.5) is 4.39 Å². The average molecular weight is 277 g/mol. The summed E-state index contributed by atoms with van der Waals surface area (Å²) >= 11 is 1.80. The molecule has 0 saturated heterocycles. The zero-order chi connectivity index (χ0) is 13.1. The first kappa shape index (κ1) is 13.2. The second kappa shape index (κ2) is 6.10. The topological polar surface area (TPSA) is 12.0 Å². The van der Waals surface area contributed by atoms with Gasteiger partial charge < -0.3 is 5.32 Å². The monoisotopic (exact) mass is 277 g/mol. The summed E-state index contributed by atoms with van der Waals surface area (Å²) in [6.07, 6.45) is 7.31. The van der Waals surface area contributed by atoms with Gasteiger partial charge in [-0.1, -0.05) is 30.4 Å². The summed E-state index contributed by atoms with van der Waals surface area (Å²) in [6, 6.07) is 7.74. The standard InChI is InChI=1S/C16H20FNS/c17-15-7-2-1-4-13(15)11-19-9-8-18-16-10-12-5-3-6-14(12)16/h1-4,6-7,12,14,16,18H,5,8-11H2/t12-,14-,16-/m0/s1. The minimum Gasteiger partial charge on any atom is -0.313 e. The normalized spacial score (nSPS) is 28.2. The molecule has 0 aliphatic heterocycles. The minimum atomic E-state index is -0.0825. The molecule has 19 heavy (non-hydrogen) atoms. The van der Waals surface area contributed by atoms with Gasteiger partial charge in [-0.15, -0.1) is 0 Å². The Balaban J connectivity index is 1.32. The predicted molar refractivity (Wildman–Crippen MR) is 79.7 cm³/mol. The van der Waals surface area contributed by atoms with Crippen LogP contribution in [0.5, 0.6) is 0 Å². The number of thioether (sulfide) groups is 1. The largest absolute Gasteiger partial charge is 0.313 e. The van der Waals surface area contributed by atoms with Crippen LogP contribution in [0.2, 0.25) is 0 Å². The van der Waals surface area contributed by atoms with Gasteiger partial charge >= 0.3 is 0 Å². The van der Waals surface area contributed by atoms with Crippen molar-refractivity contribution in [3.8, 4) is 0 Å². The molecule has 1 fully saturated rings. The van der Waals surface area contributed by atoms with Gasteiger partial charge in [0.05, 0.1) is 0 Å². The zero-order valence-electron chi connectivity index (χ0n) is 11.0. The lowest BCUT2D eigenvalue weighted by atomic mass is 9.71. The highest BCUT2D eigenvalue weighted by atomic mass is 32.2. The summed E-state index contributed by atoms with van der Waals surface area (Å²) < 4.78 is 13.4. The Kier molecular flexibility index (Phi) is 4.24. The van der Waals surface area contributed by atoms with Gasteiger partial charge in [0.1, 0.15) is 5.82 Å². The van der Waals surface area contributed by atoms with Gasteiger partial charge in [0, 0.05) is 24.1 Å². The van der Waals surface area contributed by atoms with E-state index in [2.05, 4.69) is 17.5 Å². The maximum Gasteiger partial charge on any atom is 0.127 e. The highest BCUT2D eigenvalue weighted by molar-refractivity contribution is 7.98. The highest BCUT2D eigenvalue weighted by Gasteiger charge is 2.40. The summed E-state index contributed by atoms with van der Waals surface area (Å²) in [7, 11) is 0. The van der Waals surface area contributed by atoms with Crippen molar-refractivity contribution < 1.29 is 4.39 Å². The van der Waals surface area contributed by atoms with Gasteiger partial charge in [-0.25, -0.2) is 4.39 Å². The average Bonchev–Trinajstić information content (AvgIpc) is 2.77. The molecule has 1 aromatic rings. The van der Waals surface area contributed by atoms with Crippen LogP contribution < -0.4 is 5.32 Å². The van der Waals surface area contributed by atoms with Crippen LogP contribution in [0.15, 0.2) is 36.4 Å². The number of allylic oxidation sites excluding steroid dienone is 1. The molecule has 0 heterocycles. The van der Waals surface area contributed by atoms with Crippen molar-refractivity contribution >= 4 is 11.8 Å². The molecule has 0 aromatic heterocycles. The first-order valence-corrected chi connectivity index (χ1v) is 8.21. The van der Waals surface area contributed by atoms with E-state index < -0.39 is 0 Å². The van der Waals surface area contributed by atoms with E-state index in [0.717, 1.165) is 35.4 Å². The van der Waals surface area contributed by atoms with Gasteiger partial charge in [0.25, 0.3) is 0 Å². The fourth-order valence-corrected chi connectivity index (χ4v) is 3.92. The van der Waals surface area contributed by atoms with E-state index in [0.29, 0.717) is 6.04 Å². The smallest absolute Gasteiger partial charge is 0.127 e. The fraction of sp³-hybridized carbons (Fsp3) is 0.500. The van der Waals surface area contributed by atoms with Crippen molar-refractivity contribution in [2.75, 3.05) is 12.3 Å². The van der Waals surface area contributed by atoms with Crippen molar-refractivity contribution in [2.24, 2.45) is 11.8 Å². The molecule has 2 aliphatic carbocycles. The first-order valence-electron chi connectivity index (χ1n) is 7.06. The van der Waals surface area contributed by atoms with Crippen molar-refractivity contribution in [3.05, 3.63) is 47.8 Å². The lowest BCUT2D eigenvalue weighted by Gasteiger charge is -2.40. The van der Waals surface area contributed by atoms with E-state index in [4.69, 9.17) is 0 Å². The predicted octanol–water partition coefficient (Wildman–Crippen LogP) is 3.61. The van der Waals surface area contributed by atoms with Crippen LogP contribution >= 0.6 is 11.8 Å². The fourth-order valence-electron chi connectivity index (χ4n) is 3.06. The quantitative estimate of drug-likeness (QED) is 0.629. The van der Waals surface area contributed by atoms with E-state index in [-0.39, 0.29) is 5.82 Å². The number of fused-ring (bicyclic) bond motifs is 1. The molecule has 0 amide bonds. The molecule has 0 unspecified atom stereocenters. The number of hydrogen-bond acceptors (Lipinski definition) is 2. The van der Waals surface area contributed by atoms with Gasteiger partial charge in [0.2, 0.25) is 0 Å². The molecule has 2 aliphatic rings. The Morgan fingerprint density at radius 2 is 2.21 bits per heavy atom. The molecular formula is C16H20FNS. The Labute approximate surface area is 118 Å². The lowest BCUT2D eigenvalue weighted by molar-refractivity contribution is 0.166. The SMILES string of the molecule is Fc1ccccc1CSCCN[C@H]1C[C@@H]2CC=C[C@@H]21. The molecule has 3 atom stereocenters. The Morgan fingerprint density at radius 3 is 3.05 bits per heavy atom. The number of hydrogen-bond donors (Lipinski definition) is 1. The molecule has 3 rings (SSSR count). The molecule has 1 N–H and O–H groups in total. The van der Waals surface area contributed by atoms with E-state index in [9.17, 15) is 4.39 Å². The third-order valence-corrected chi connectivity index (χ3v) is 5.24. The number of benzene rings is 1. The molecule has 102 valence electrons. The third kappa shape index (κ3) is 3.03. The van der Waals surface area contributed by atoms with E-state index in [1.54, 1.807) is 17.8 Å². The van der Waals surface area contributed by atoms with E-state index in [1.165, 1.54) is 18.9 Å². The number of halogens is 1. The second-order valence-corrected chi connectivity index (χ2v) is 6.55. The second-order valence-electron chi connectivity index (χ2n) is 5.44. The summed E-state index contributed by atoms with van der Waals surface area (Å²) in [4.78, 5) is 0. The van der Waals surface area contributed by atoms with Crippen LogP contribution in [-0.4, -0.2) is 18.3 Å². The van der Waals surface area contributed by atoms with Crippen molar-refractivity contribution in [3.63, 3.8) is 0 Å². The van der Waals surface area contributed by atoms with Crippen LogP contribution in [0.3, 0.4) is 0 Å². The molecule has 0 bridgehead atoms. The van der Waals surface area contributed by atoms with Crippen molar-refractivity contribution in [2.45, 2.75) is 24.6 Å².